The van der Waals surface area contributed by atoms with Crippen LogP contribution in [0.2, 0.25) is 0 Å². The highest BCUT2D eigenvalue weighted by atomic mass is 19.1. The van der Waals surface area contributed by atoms with Crippen LogP contribution in [0.4, 0.5) is 4.39 Å². The molecule has 3 rings (SSSR count). The van der Waals surface area contributed by atoms with Crippen LogP contribution in [0.5, 0.6) is 11.5 Å². The fourth-order valence-corrected chi connectivity index (χ4v) is 3.38. The molecule has 0 heterocycles. The molecule has 1 atom stereocenters. The van der Waals surface area contributed by atoms with Crippen LogP contribution in [0.15, 0.2) is 78.9 Å². The van der Waals surface area contributed by atoms with Crippen LogP contribution in [0.25, 0.3) is 0 Å². The number of rotatable bonds is 11. The summed E-state index contributed by atoms with van der Waals surface area (Å²) in [5.74, 6) is 0.358. The van der Waals surface area contributed by atoms with Gasteiger partial charge in [-0.1, -0.05) is 42.5 Å². The number of carbonyl (C=O) groups is 2. The number of nitrogens with zero attached hydrogens (tertiary/aromatic N) is 1. The number of hydrogen-bond donors (Lipinski definition) is 1. The number of halogens is 1. The molecule has 2 amide bonds. The lowest BCUT2D eigenvalue weighted by Crippen LogP contribution is -2.49. The maximum atomic E-state index is 13.3. The molecule has 0 aliphatic rings. The van der Waals surface area contributed by atoms with Gasteiger partial charge in [0, 0.05) is 13.1 Å². The molecule has 6 nitrogen and oxygen atoms in total. The van der Waals surface area contributed by atoms with E-state index in [0.717, 1.165) is 11.3 Å². The van der Waals surface area contributed by atoms with Crippen LogP contribution in [0.3, 0.4) is 0 Å². The minimum atomic E-state index is -0.743. The molecule has 0 radical (unpaired) electrons. The number of hydrogen-bond acceptors (Lipinski definition) is 4. The molecule has 0 aliphatic carbocycles. The monoisotopic (exact) mass is 464 g/mol. The summed E-state index contributed by atoms with van der Waals surface area (Å²) >= 11 is 0. The molecule has 34 heavy (non-hydrogen) atoms. The number of ether oxygens (including phenoxy) is 2. The second-order valence-corrected chi connectivity index (χ2v) is 7.81. The first-order valence-electron chi connectivity index (χ1n) is 11.1. The molecule has 0 aliphatic heterocycles. The molecule has 1 N–H and O–H groups in total. The van der Waals surface area contributed by atoms with E-state index >= 15 is 0 Å². The quantitative estimate of drug-likeness (QED) is 0.466. The van der Waals surface area contributed by atoms with E-state index in [2.05, 4.69) is 5.32 Å². The molecule has 0 saturated heterocycles. The predicted molar refractivity (Wildman–Crippen MR) is 128 cm³/mol. The third-order valence-electron chi connectivity index (χ3n) is 5.41. The standard InChI is InChI=1S/C27H29FN2O4/c1-20(27(32)29-17-16-21-10-14-24(33-2)15-11-21)30(18-22-8-12-23(28)13-9-22)26(31)19-34-25-6-4-3-5-7-25/h3-15,20H,16-19H2,1-2H3,(H,29,32)/t20-/m0/s1. The lowest BCUT2D eigenvalue weighted by atomic mass is 10.1. The molecule has 0 aromatic heterocycles. The summed E-state index contributed by atoms with van der Waals surface area (Å²) in [6.45, 7) is 2.04. The number of methoxy groups -OCH3 is 1. The fourth-order valence-electron chi connectivity index (χ4n) is 3.38. The van der Waals surface area contributed by atoms with Crippen LogP contribution >= 0.6 is 0 Å². The number of carbonyl (C=O) groups excluding carboxylic acids is 2. The number of para-hydroxylation sites is 1. The number of benzene rings is 3. The van der Waals surface area contributed by atoms with E-state index in [1.54, 1.807) is 38.3 Å². The summed E-state index contributed by atoms with van der Waals surface area (Å²) < 4.78 is 24.1. The van der Waals surface area contributed by atoms with Crippen molar-refractivity contribution in [2.75, 3.05) is 20.3 Å². The van der Waals surface area contributed by atoms with Crippen LogP contribution in [0.1, 0.15) is 18.1 Å². The van der Waals surface area contributed by atoms with Gasteiger partial charge in [0.2, 0.25) is 5.91 Å². The molecule has 0 spiro atoms. The highest BCUT2D eigenvalue weighted by Crippen LogP contribution is 2.14. The zero-order valence-electron chi connectivity index (χ0n) is 19.4. The van der Waals surface area contributed by atoms with Crippen molar-refractivity contribution in [3.8, 4) is 11.5 Å². The molecular weight excluding hydrogens is 435 g/mol. The fraction of sp³-hybridized carbons (Fsp3) is 0.259. The van der Waals surface area contributed by atoms with Crippen LogP contribution in [-0.2, 0) is 22.6 Å². The van der Waals surface area contributed by atoms with Gasteiger partial charge in [0.05, 0.1) is 7.11 Å². The van der Waals surface area contributed by atoms with Crippen molar-refractivity contribution in [1.29, 1.82) is 0 Å². The van der Waals surface area contributed by atoms with Crippen molar-refractivity contribution >= 4 is 11.8 Å². The Bertz CT molecular complexity index is 1060. The third-order valence-corrected chi connectivity index (χ3v) is 5.41. The van der Waals surface area contributed by atoms with Crippen molar-refractivity contribution in [3.63, 3.8) is 0 Å². The van der Waals surface area contributed by atoms with E-state index in [4.69, 9.17) is 9.47 Å². The molecule has 0 fully saturated rings. The zero-order valence-corrected chi connectivity index (χ0v) is 19.4. The molecule has 0 unspecified atom stereocenters. The molecule has 0 bridgehead atoms. The van der Waals surface area contributed by atoms with Gasteiger partial charge in [0.15, 0.2) is 6.61 Å². The van der Waals surface area contributed by atoms with Crippen molar-refractivity contribution in [3.05, 3.63) is 95.8 Å². The van der Waals surface area contributed by atoms with Gasteiger partial charge in [0.1, 0.15) is 23.4 Å². The Kier molecular flexibility index (Phi) is 9.03. The van der Waals surface area contributed by atoms with E-state index < -0.39 is 6.04 Å². The van der Waals surface area contributed by atoms with Gasteiger partial charge in [-0.25, -0.2) is 4.39 Å². The maximum absolute atomic E-state index is 13.3. The van der Waals surface area contributed by atoms with Crippen LogP contribution in [0, 0.1) is 5.82 Å². The second kappa shape index (κ2) is 12.4. The Morgan fingerprint density at radius 1 is 0.912 bits per heavy atom. The molecule has 0 saturated carbocycles. The maximum Gasteiger partial charge on any atom is 0.261 e. The second-order valence-electron chi connectivity index (χ2n) is 7.81. The van der Waals surface area contributed by atoms with Gasteiger partial charge in [-0.05, 0) is 60.9 Å². The van der Waals surface area contributed by atoms with E-state index in [1.165, 1.54) is 17.0 Å². The van der Waals surface area contributed by atoms with Gasteiger partial charge in [-0.2, -0.15) is 0 Å². The molecule has 3 aromatic carbocycles. The Hall–Kier alpha value is -3.87. The first-order valence-corrected chi connectivity index (χ1v) is 11.1. The summed E-state index contributed by atoms with van der Waals surface area (Å²) in [7, 11) is 1.61. The topological polar surface area (TPSA) is 67.9 Å². The highest BCUT2D eigenvalue weighted by Gasteiger charge is 2.26. The Labute approximate surface area is 199 Å². The van der Waals surface area contributed by atoms with Crippen LogP contribution < -0.4 is 14.8 Å². The van der Waals surface area contributed by atoms with Crippen molar-refractivity contribution < 1.29 is 23.5 Å². The number of amides is 2. The minimum Gasteiger partial charge on any atom is -0.497 e. The van der Waals surface area contributed by atoms with Gasteiger partial charge in [0.25, 0.3) is 5.91 Å². The molecular formula is C27H29FN2O4. The van der Waals surface area contributed by atoms with Crippen molar-refractivity contribution in [2.45, 2.75) is 25.9 Å². The summed E-state index contributed by atoms with van der Waals surface area (Å²) in [6.07, 6.45) is 0.644. The summed E-state index contributed by atoms with van der Waals surface area (Å²) in [4.78, 5) is 27.3. The molecule has 178 valence electrons. The predicted octanol–water partition coefficient (Wildman–Crippen LogP) is 3.99. The van der Waals surface area contributed by atoms with Gasteiger partial charge < -0.3 is 19.7 Å². The summed E-state index contributed by atoms with van der Waals surface area (Å²) in [6, 6.07) is 21.7. The largest absolute Gasteiger partial charge is 0.497 e. The van der Waals surface area contributed by atoms with Crippen molar-refractivity contribution in [1.82, 2.24) is 10.2 Å². The lowest BCUT2D eigenvalue weighted by Gasteiger charge is -2.28. The Balaban J connectivity index is 1.62. The van der Waals surface area contributed by atoms with Crippen molar-refractivity contribution in [2.24, 2.45) is 0 Å². The van der Waals surface area contributed by atoms with E-state index in [1.807, 2.05) is 42.5 Å². The smallest absolute Gasteiger partial charge is 0.261 e. The van der Waals surface area contributed by atoms with E-state index in [-0.39, 0.29) is 30.8 Å². The summed E-state index contributed by atoms with van der Waals surface area (Å²) in [5, 5.41) is 2.90. The van der Waals surface area contributed by atoms with Crippen LogP contribution in [-0.4, -0.2) is 43.0 Å². The average molecular weight is 465 g/mol. The first-order chi connectivity index (χ1) is 16.5. The molecule has 7 heteroatoms. The Morgan fingerprint density at radius 3 is 2.21 bits per heavy atom. The Morgan fingerprint density at radius 2 is 1.56 bits per heavy atom. The minimum absolute atomic E-state index is 0.157. The SMILES string of the molecule is COc1ccc(CCNC(=O)[C@H](C)N(Cc2ccc(F)cc2)C(=O)COc2ccccc2)cc1. The average Bonchev–Trinajstić information content (AvgIpc) is 2.87. The molecule has 3 aromatic rings. The van der Waals surface area contributed by atoms with E-state index in [9.17, 15) is 14.0 Å². The third kappa shape index (κ3) is 7.33. The number of nitrogens with one attached hydrogen (secondary N) is 1. The zero-order chi connectivity index (χ0) is 24.3. The summed E-state index contributed by atoms with van der Waals surface area (Å²) in [5.41, 5.74) is 1.77. The van der Waals surface area contributed by atoms with Gasteiger partial charge in [-0.15, -0.1) is 0 Å². The lowest BCUT2D eigenvalue weighted by molar-refractivity contribution is -0.142. The normalized spacial score (nSPS) is 11.4. The first kappa shape index (κ1) is 24.8. The van der Waals surface area contributed by atoms with E-state index in [0.29, 0.717) is 24.3 Å². The van der Waals surface area contributed by atoms with Gasteiger partial charge in [-0.3, -0.25) is 9.59 Å². The highest BCUT2D eigenvalue weighted by molar-refractivity contribution is 5.88. The van der Waals surface area contributed by atoms with Gasteiger partial charge >= 0.3 is 0 Å².